The highest BCUT2D eigenvalue weighted by Gasteiger charge is 2.44. The van der Waals surface area contributed by atoms with Crippen LogP contribution in [0.4, 0.5) is 5.69 Å². The number of nitrogens with zero attached hydrogens (tertiary/aromatic N) is 5. The van der Waals surface area contributed by atoms with Crippen LogP contribution >= 0.6 is 11.8 Å². The molecule has 1 aromatic carbocycles. The van der Waals surface area contributed by atoms with Gasteiger partial charge < -0.3 is 0 Å². The lowest BCUT2D eigenvalue weighted by Gasteiger charge is -2.30. The monoisotopic (exact) mass is 395 g/mol. The van der Waals surface area contributed by atoms with Crippen molar-refractivity contribution in [2.45, 2.75) is 26.5 Å². The molecule has 28 heavy (non-hydrogen) atoms. The lowest BCUT2D eigenvalue weighted by atomic mass is 10.0. The number of hydroxylamine groups is 1. The van der Waals surface area contributed by atoms with Gasteiger partial charge in [-0.1, -0.05) is 34.0 Å². The topological polar surface area (TPSA) is 71.2 Å². The van der Waals surface area contributed by atoms with Crippen molar-refractivity contribution >= 4 is 35.3 Å². The van der Waals surface area contributed by atoms with E-state index in [1.165, 1.54) is 5.56 Å². The van der Waals surface area contributed by atoms with Gasteiger partial charge >= 0.3 is 0 Å². The Bertz CT molecular complexity index is 957. The molecule has 8 heteroatoms. The first-order valence-corrected chi connectivity index (χ1v) is 10.2. The second kappa shape index (κ2) is 7.46. The summed E-state index contributed by atoms with van der Waals surface area (Å²) in [4.78, 5) is 14.8. The molecule has 0 aliphatic carbocycles. The third-order valence-corrected chi connectivity index (χ3v) is 6.31. The number of hydrogen-bond donors (Lipinski definition) is 1. The van der Waals surface area contributed by atoms with Crippen LogP contribution in [0.15, 0.2) is 57.8 Å². The number of aryl methyl sites for hydroxylation is 2. The van der Waals surface area contributed by atoms with Gasteiger partial charge in [-0.3, -0.25) is 10.5 Å². The predicted molar refractivity (Wildman–Crippen MR) is 115 cm³/mol. The quantitative estimate of drug-likeness (QED) is 0.787. The fourth-order valence-electron chi connectivity index (χ4n) is 3.43. The Labute approximate surface area is 168 Å². The molecule has 0 saturated carbocycles. The highest BCUT2D eigenvalue weighted by molar-refractivity contribution is 8.14. The number of hydrogen-bond acceptors (Lipinski definition) is 7. The SMILES string of the molecule is CC[N+]1(c2ccc(C)cc2)C=NN=C1SCC1(c2cccnc2C)N=CNO1. The number of aliphatic imine (C=N–C) groups is 1. The van der Waals surface area contributed by atoms with Gasteiger partial charge in [-0.2, -0.15) is 4.48 Å². The smallest absolute Gasteiger partial charge is 0.261 e. The van der Waals surface area contributed by atoms with E-state index in [0.717, 1.165) is 28.7 Å². The molecule has 2 aliphatic heterocycles. The number of quaternary nitrogens is 1. The summed E-state index contributed by atoms with van der Waals surface area (Å²) in [5.41, 5.74) is 6.13. The Morgan fingerprint density at radius 3 is 2.68 bits per heavy atom. The zero-order valence-corrected chi connectivity index (χ0v) is 17.0. The number of aromatic nitrogens is 1. The van der Waals surface area contributed by atoms with Gasteiger partial charge in [-0.05, 0) is 38.6 Å². The maximum absolute atomic E-state index is 5.85. The van der Waals surface area contributed by atoms with Crippen molar-refractivity contribution in [1.82, 2.24) is 14.9 Å². The summed E-state index contributed by atoms with van der Waals surface area (Å²) in [6.45, 7) is 7.01. The van der Waals surface area contributed by atoms with Crippen LogP contribution in [0, 0.1) is 13.8 Å². The van der Waals surface area contributed by atoms with Crippen LogP contribution in [-0.2, 0) is 10.6 Å². The Morgan fingerprint density at radius 2 is 2.00 bits per heavy atom. The molecule has 0 bridgehead atoms. The first-order chi connectivity index (χ1) is 13.6. The number of thioether (sulfide) groups is 1. The van der Waals surface area contributed by atoms with Gasteiger partial charge in [0.05, 0.1) is 12.3 Å². The molecule has 3 heterocycles. The van der Waals surface area contributed by atoms with E-state index in [0.29, 0.717) is 10.2 Å². The van der Waals surface area contributed by atoms with Crippen LogP contribution in [0.3, 0.4) is 0 Å². The average molecular weight is 396 g/mol. The highest BCUT2D eigenvalue weighted by atomic mass is 32.2. The standard InChI is InChI=1S/C20H23N6OS/c1-4-26(17-9-7-15(2)8-10-17)14-23-25-19(26)28-12-20(22-13-24-27-20)18-6-5-11-21-16(18)3/h5-11,13-14H,4,12H2,1-3H3,(H,22,24)/q+1. The summed E-state index contributed by atoms with van der Waals surface area (Å²) in [5, 5.41) is 9.60. The first kappa shape index (κ1) is 18.8. The summed E-state index contributed by atoms with van der Waals surface area (Å²) in [6.07, 6.45) is 5.25. The second-order valence-electron chi connectivity index (χ2n) is 6.82. The number of amidine groups is 1. The van der Waals surface area contributed by atoms with Crippen LogP contribution in [0.25, 0.3) is 0 Å². The predicted octanol–water partition coefficient (Wildman–Crippen LogP) is 3.49. The van der Waals surface area contributed by atoms with Crippen molar-refractivity contribution in [3.63, 3.8) is 0 Å². The molecule has 4 rings (SSSR count). The van der Waals surface area contributed by atoms with Gasteiger partial charge in [0, 0.05) is 29.6 Å². The molecule has 2 aliphatic rings. The fraction of sp³-hybridized carbons (Fsp3) is 0.300. The van der Waals surface area contributed by atoms with E-state index in [1.54, 1.807) is 24.3 Å². The molecule has 1 N–H and O–H groups in total. The van der Waals surface area contributed by atoms with E-state index in [2.05, 4.69) is 63.8 Å². The number of benzene rings is 1. The van der Waals surface area contributed by atoms with E-state index in [-0.39, 0.29) is 0 Å². The molecule has 2 aromatic rings. The number of nitrogens with one attached hydrogen (secondary N) is 1. The van der Waals surface area contributed by atoms with Gasteiger partial charge in [0.25, 0.3) is 5.17 Å². The largest absolute Gasteiger partial charge is 0.294 e. The zero-order chi connectivity index (χ0) is 19.6. The van der Waals surface area contributed by atoms with E-state index >= 15 is 0 Å². The molecular formula is C20H23N6OS+. The highest BCUT2D eigenvalue weighted by Crippen LogP contribution is 2.37. The minimum absolute atomic E-state index is 0.490. The molecular weight excluding hydrogens is 372 g/mol. The molecule has 144 valence electrons. The van der Waals surface area contributed by atoms with E-state index < -0.39 is 5.72 Å². The zero-order valence-electron chi connectivity index (χ0n) is 16.2. The van der Waals surface area contributed by atoms with Crippen molar-refractivity contribution in [3.8, 4) is 0 Å². The molecule has 0 saturated heterocycles. The van der Waals surface area contributed by atoms with Crippen LogP contribution in [0.2, 0.25) is 0 Å². The molecule has 0 fully saturated rings. The van der Waals surface area contributed by atoms with Crippen LogP contribution in [0.1, 0.15) is 23.7 Å². The van der Waals surface area contributed by atoms with E-state index in [4.69, 9.17) is 4.84 Å². The van der Waals surface area contributed by atoms with Crippen LogP contribution in [-0.4, -0.2) is 35.1 Å². The minimum Gasteiger partial charge on any atom is -0.261 e. The third-order valence-electron chi connectivity index (χ3n) is 5.11. The van der Waals surface area contributed by atoms with E-state index in [1.807, 2.05) is 25.4 Å². The molecule has 0 radical (unpaired) electrons. The first-order valence-electron chi connectivity index (χ1n) is 9.19. The van der Waals surface area contributed by atoms with Gasteiger partial charge in [-0.15, -0.1) is 0 Å². The average Bonchev–Trinajstić information content (AvgIpc) is 3.35. The van der Waals surface area contributed by atoms with Crippen LogP contribution < -0.4 is 9.96 Å². The van der Waals surface area contributed by atoms with Gasteiger partial charge in [-0.25, -0.2) is 9.83 Å². The summed E-state index contributed by atoms with van der Waals surface area (Å²) in [5.74, 6) is 0.553. The lowest BCUT2D eigenvalue weighted by molar-refractivity contribution is -0.0413. The van der Waals surface area contributed by atoms with E-state index in [9.17, 15) is 0 Å². The Balaban J connectivity index is 1.62. The molecule has 0 amide bonds. The van der Waals surface area contributed by atoms with Crippen molar-refractivity contribution in [2.75, 3.05) is 12.3 Å². The number of pyridine rings is 1. The Morgan fingerprint density at radius 1 is 1.18 bits per heavy atom. The Hall–Kier alpha value is -2.55. The van der Waals surface area contributed by atoms with Crippen molar-refractivity contribution in [2.24, 2.45) is 15.2 Å². The second-order valence-corrected chi connectivity index (χ2v) is 7.76. The lowest BCUT2D eigenvalue weighted by Crippen LogP contribution is -2.50. The Kier molecular flexibility index (Phi) is 5.01. The van der Waals surface area contributed by atoms with Gasteiger partial charge in [0.1, 0.15) is 12.0 Å². The van der Waals surface area contributed by atoms with Gasteiger partial charge in [0.2, 0.25) is 12.1 Å². The molecule has 0 spiro atoms. The molecule has 2 unspecified atom stereocenters. The maximum atomic E-state index is 5.85. The summed E-state index contributed by atoms with van der Waals surface area (Å²) >= 11 is 1.60. The molecule has 2 atom stereocenters. The van der Waals surface area contributed by atoms with Crippen molar-refractivity contribution < 1.29 is 4.84 Å². The fourth-order valence-corrected chi connectivity index (χ4v) is 4.66. The summed E-state index contributed by atoms with van der Waals surface area (Å²) in [7, 11) is 0. The van der Waals surface area contributed by atoms with Crippen molar-refractivity contribution in [3.05, 3.63) is 59.4 Å². The minimum atomic E-state index is -0.842. The van der Waals surface area contributed by atoms with Crippen LogP contribution in [0.5, 0.6) is 0 Å². The molecule has 1 aromatic heterocycles. The molecule has 7 nitrogen and oxygen atoms in total. The van der Waals surface area contributed by atoms with Crippen molar-refractivity contribution in [1.29, 1.82) is 0 Å². The summed E-state index contributed by atoms with van der Waals surface area (Å²) in [6, 6.07) is 12.4. The number of rotatable bonds is 5. The normalized spacial score (nSPS) is 25.8. The third kappa shape index (κ3) is 3.13. The van der Waals surface area contributed by atoms with Gasteiger partial charge in [0.15, 0.2) is 0 Å². The summed E-state index contributed by atoms with van der Waals surface area (Å²) < 4.78 is 0.490. The maximum Gasteiger partial charge on any atom is 0.294 e.